The molecule has 2 rings (SSSR count). The van der Waals surface area contributed by atoms with Crippen LogP contribution in [0.15, 0.2) is 17.5 Å². The lowest BCUT2D eigenvalue weighted by Gasteiger charge is -2.09. The van der Waals surface area contributed by atoms with Crippen LogP contribution in [0.5, 0.6) is 0 Å². The Hall–Kier alpha value is -1.69. The van der Waals surface area contributed by atoms with Gasteiger partial charge in [0.05, 0.1) is 6.04 Å². The summed E-state index contributed by atoms with van der Waals surface area (Å²) in [7, 11) is 0. The van der Waals surface area contributed by atoms with Gasteiger partial charge in [-0.15, -0.1) is 16.4 Å². The van der Waals surface area contributed by atoms with Crippen LogP contribution in [-0.4, -0.2) is 21.1 Å². The van der Waals surface area contributed by atoms with Gasteiger partial charge in [-0.3, -0.25) is 9.89 Å². The van der Waals surface area contributed by atoms with Crippen molar-refractivity contribution in [2.24, 2.45) is 0 Å². The van der Waals surface area contributed by atoms with Crippen molar-refractivity contribution >= 4 is 17.2 Å². The largest absolute Gasteiger partial charge is 0.342 e. The van der Waals surface area contributed by atoms with Gasteiger partial charge in [-0.05, 0) is 18.4 Å². The third-order valence-corrected chi connectivity index (χ3v) is 3.44. The van der Waals surface area contributed by atoms with Gasteiger partial charge in [0.1, 0.15) is 5.82 Å². The number of carbonyl (C=O) groups excluding carboxylic acids is 1. The molecule has 2 aromatic rings. The normalized spacial score (nSPS) is 12.4. The van der Waals surface area contributed by atoms with Crippen LogP contribution in [0.2, 0.25) is 0 Å². The van der Waals surface area contributed by atoms with E-state index in [-0.39, 0.29) is 17.8 Å². The van der Waals surface area contributed by atoms with Crippen molar-refractivity contribution in [1.82, 2.24) is 20.5 Å². The maximum Gasteiger partial charge on any atom is 0.291 e. The minimum absolute atomic E-state index is 0.0222. The van der Waals surface area contributed by atoms with Crippen molar-refractivity contribution in [3.8, 4) is 0 Å². The molecule has 0 bridgehead atoms. The van der Waals surface area contributed by atoms with E-state index < -0.39 is 0 Å². The molecule has 0 radical (unpaired) electrons. The Labute approximate surface area is 103 Å². The van der Waals surface area contributed by atoms with Gasteiger partial charge in [-0.2, -0.15) is 0 Å². The number of aryl methyl sites for hydroxylation is 1. The molecule has 2 aromatic heterocycles. The molecule has 0 aromatic carbocycles. The zero-order valence-corrected chi connectivity index (χ0v) is 10.5. The Balaban J connectivity index is 2.01. The summed E-state index contributed by atoms with van der Waals surface area (Å²) in [6.07, 6.45) is 0.737. The number of H-pyrrole nitrogens is 1. The molecule has 1 unspecified atom stereocenters. The van der Waals surface area contributed by atoms with E-state index in [1.807, 2.05) is 31.4 Å². The Kier molecular flexibility index (Phi) is 3.53. The summed E-state index contributed by atoms with van der Waals surface area (Å²) in [5.41, 5.74) is 0. The number of rotatable bonds is 4. The van der Waals surface area contributed by atoms with Gasteiger partial charge in [0.2, 0.25) is 5.82 Å². The Bertz CT molecular complexity index is 491. The molecule has 2 N–H and O–H groups in total. The fraction of sp³-hybridized carbons (Fsp3) is 0.364. The van der Waals surface area contributed by atoms with Gasteiger partial charge < -0.3 is 5.32 Å². The monoisotopic (exact) mass is 250 g/mol. The Morgan fingerprint density at radius 2 is 2.47 bits per heavy atom. The molecule has 2 heterocycles. The van der Waals surface area contributed by atoms with Crippen LogP contribution in [0.4, 0.5) is 0 Å². The molecule has 0 saturated carbocycles. The van der Waals surface area contributed by atoms with Gasteiger partial charge in [0, 0.05) is 11.3 Å². The third kappa shape index (κ3) is 2.71. The number of nitrogens with one attached hydrogen (secondary N) is 2. The molecule has 5 nitrogen and oxygen atoms in total. The van der Waals surface area contributed by atoms with E-state index in [2.05, 4.69) is 20.5 Å². The zero-order chi connectivity index (χ0) is 12.3. The predicted octanol–water partition coefficient (Wildman–Crippen LogP) is 1.92. The first-order chi connectivity index (χ1) is 8.20. The number of thiophene rings is 1. The SMILES string of the molecule is CCc1nc(C(=O)NC(C)c2cccs2)n[nH]1. The topological polar surface area (TPSA) is 70.7 Å². The summed E-state index contributed by atoms with van der Waals surface area (Å²) in [4.78, 5) is 17.0. The molecular formula is C11H14N4OS. The summed E-state index contributed by atoms with van der Waals surface area (Å²) in [5.74, 6) is 0.672. The third-order valence-electron chi connectivity index (χ3n) is 2.39. The molecule has 90 valence electrons. The van der Waals surface area contributed by atoms with Crippen LogP contribution in [0.3, 0.4) is 0 Å². The molecule has 6 heteroatoms. The number of aromatic amines is 1. The van der Waals surface area contributed by atoms with Crippen LogP contribution in [0.25, 0.3) is 0 Å². The van der Waals surface area contributed by atoms with Crippen LogP contribution < -0.4 is 5.32 Å². The van der Waals surface area contributed by atoms with Crippen molar-refractivity contribution in [2.75, 3.05) is 0 Å². The number of hydrogen-bond donors (Lipinski definition) is 2. The first-order valence-corrected chi connectivity index (χ1v) is 6.34. The highest BCUT2D eigenvalue weighted by molar-refractivity contribution is 7.10. The molecule has 0 aliphatic rings. The number of carbonyl (C=O) groups is 1. The van der Waals surface area contributed by atoms with Crippen molar-refractivity contribution in [2.45, 2.75) is 26.3 Å². The van der Waals surface area contributed by atoms with Crippen molar-refractivity contribution in [3.63, 3.8) is 0 Å². The molecule has 0 spiro atoms. The highest BCUT2D eigenvalue weighted by Crippen LogP contribution is 2.18. The van der Waals surface area contributed by atoms with Crippen LogP contribution in [0.1, 0.15) is 41.2 Å². The summed E-state index contributed by atoms with van der Waals surface area (Å²) < 4.78 is 0. The molecule has 1 amide bonds. The van der Waals surface area contributed by atoms with E-state index in [1.165, 1.54) is 0 Å². The number of aromatic nitrogens is 3. The van der Waals surface area contributed by atoms with Crippen LogP contribution >= 0.6 is 11.3 Å². The number of hydrogen-bond acceptors (Lipinski definition) is 4. The number of amides is 1. The highest BCUT2D eigenvalue weighted by Gasteiger charge is 2.15. The Morgan fingerprint density at radius 1 is 1.65 bits per heavy atom. The van der Waals surface area contributed by atoms with E-state index in [0.29, 0.717) is 0 Å². The van der Waals surface area contributed by atoms with E-state index in [9.17, 15) is 4.79 Å². The van der Waals surface area contributed by atoms with Gasteiger partial charge in [-0.25, -0.2) is 4.98 Å². The maximum atomic E-state index is 11.8. The van der Waals surface area contributed by atoms with Gasteiger partial charge in [0.25, 0.3) is 5.91 Å². The molecule has 0 saturated heterocycles. The fourth-order valence-corrected chi connectivity index (χ4v) is 2.16. The van der Waals surface area contributed by atoms with Crippen molar-refractivity contribution in [3.05, 3.63) is 34.0 Å². The maximum absolute atomic E-state index is 11.8. The number of nitrogens with zero attached hydrogens (tertiary/aromatic N) is 2. The first kappa shape index (κ1) is 11.8. The van der Waals surface area contributed by atoms with Gasteiger partial charge in [-0.1, -0.05) is 13.0 Å². The quantitative estimate of drug-likeness (QED) is 0.871. The molecule has 1 atom stereocenters. The fourth-order valence-electron chi connectivity index (χ4n) is 1.42. The van der Waals surface area contributed by atoms with E-state index in [1.54, 1.807) is 11.3 Å². The van der Waals surface area contributed by atoms with Gasteiger partial charge in [0.15, 0.2) is 0 Å². The summed E-state index contributed by atoms with van der Waals surface area (Å²) >= 11 is 1.61. The average Bonchev–Trinajstić information content (AvgIpc) is 3.00. The molecule has 0 fully saturated rings. The minimum Gasteiger partial charge on any atom is -0.342 e. The Morgan fingerprint density at radius 3 is 3.06 bits per heavy atom. The van der Waals surface area contributed by atoms with Crippen molar-refractivity contribution in [1.29, 1.82) is 0 Å². The van der Waals surface area contributed by atoms with E-state index in [0.717, 1.165) is 17.1 Å². The predicted molar refractivity (Wildman–Crippen MR) is 66.0 cm³/mol. The molecule has 0 aliphatic carbocycles. The second-order valence-corrected chi connectivity index (χ2v) is 4.65. The second-order valence-electron chi connectivity index (χ2n) is 3.67. The standard InChI is InChI=1S/C11H14N4OS/c1-3-9-13-10(15-14-9)11(16)12-7(2)8-5-4-6-17-8/h4-7H,3H2,1-2H3,(H,12,16)(H,13,14,15). The second kappa shape index (κ2) is 5.09. The zero-order valence-electron chi connectivity index (χ0n) is 9.73. The molecular weight excluding hydrogens is 236 g/mol. The summed E-state index contributed by atoms with van der Waals surface area (Å²) in [6, 6.07) is 3.93. The summed E-state index contributed by atoms with van der Waals surface area (Å²) in [6.45, 7) is 3.90. The first-order valence-electron chi connectivity index (χ1n) is 5.46. The summed E-state index contributed by atoms with van der Waals surface area (Å²) in [5, 5.41) is 11.5. The van der Waals surface area contributed by atoms with Gasteiger partial charge >= 0.3 is 0 Å². The van der Waals surface area contributed by atoms with Crippen LogP contribution in [-0.2, 0) is 6.42 Å². The molecule has 17 heavy (non-hydrogen) atoms. The molecule has 0 aliphatic heterocycles. The lowest BCUT2D eigenvalue weighted by atomic mass is 10.3. The van der Waals surface area contributed by atoms with E-state index >= 15 is 0 Å². The smallest absolute Gasteiger partial charge is 0.291 e. The lowest BCUT2D eigenvalue weighted by molar-refractivity contribution is 0.0930. The van der Waals surface area contributed by atoms with Crippen LogP contribution in [0, 0.1) is 0 Å². The van der Waals surface area contributed by atoms with E-state index in [4.69, 9.17) is 0 Å². The van der Waals surface area contributed by atoms with Crippen molar-refractivity contribution < 1.29 is 4.79 Å². The minimum atomic E-state index is -0.248. The lowest BCUT2D eigenvalue weighted by Crippen LogP contribution is -2.27. The highest BCUT2D eigenvalue weighted by atomic mass is 32.1. The average molecular weight is 250 g/mol.